The molecule has 1 N–H and O–H groups in total. The van der Waals surface area contributed by atoms with Gasteiger partial charge in [-0.3, -0.25) is 0 Å². The van der Waals surface area contributed by atoms with E-state index < -0.39 is 0 Å². The average Bonchev–Trinajstić information content (AvgIpc) is 2.31. The van der Waals surface area contributed by atoms with Crippen LogP contribution in [0.1, 0.15) is 52.9 Å². The Morgan fingerprint density at radius 3 is 2.67 bits per heavy atom. The molecule has 0 bridgehead atoms. The van der Waals surface area contributed by atoms with Crippen molar-refractivity contribution in [2.24, 2.45) is 5.41 Å². The van der Waals surface area contributed by atoms with E-state index in [9.17, 15) is 0 Å². The summed E-state index contributed by atoms with van der Waals surface area (Å²) in [6.45, 7) is 8.24. The maximum absolute atomic E-state index is 3.64. The zero-order valence-electron chi connectivity index (χ0n) is 8.82. The molecular weight excluding hydrogens is 146 g/mol. The Morgan fingerprint density at radius 1 is 1.42 bits per heavy atom. The summed E-state index contributed by atoms with van der Waals surface area (Å²) >= 11 is 0. The van der Waals surface area contributed by atoms with Crippen LogP contribution in [0.15, 0.2) is 0 Å². The molecule has 0 spiro atoms. The molecule has 0 aromatic heterocycles. The van der Waals surface area contributed by atoms with E-state index in [-0.39, 0.29) is 0 Å². The summed E-state index contributed by atoms with van der Waals surface area (Å²) in [5, 5.41) is 3.64. The normalized spacial score (nSPS) is 27.8. The third-order valence-corrected chi connectivity index (χ3v) is 2.93. The van der Waals surface area contributed by atoms with Gasteiger partial charge in [-0.25, -0.2) is 0 Å². The maximum Gasteiger partial charge on any atom is 0.00723 e. The van der Waals surface area contributed by atoms with Crippen molar-refractivity contribution in [2.75, 3.05) is 6.54 Å². The Labute approximate surface area is 76.9 Å². The van der Waals surface area contributed by atoms with Crippen molar-refractivity contribution in [2.45, 2.75) is 58.9 Å². The van der Waals surface area contributed by atoms with Gasteiger partial charge in [0.05, 0.1) is 0 Å². The highest BCUT2D eigenvalue weighted by Gasteiger charge is 2.29. The van der Waals surface area contributed by atoms with Gasteiger partial charge < -0.3 is 5.32 Å². The summed E-state index contributed by atoms with van der Waals surface area (Å²) in [4.78, 5) is 0. The molecule has 0 amide bonds. The highest BCUT2D eigenvalue weighted by molar-refractivity contribution is 4.86. The minimum absolute atomic E-state index is 0.601. The van der Waals surface area contributed by atoms with Gasteiger partial charge in [0.1, 0.15) is 0 Å². The molecular formula is C11H23N. The van der Waals surface area contributed by atoms with Crippen LogP contribution in [0, 0.1) is 5.41 Å². The van der Waals surface area contributed by atoms with Crippen LogP contribution in [0.2, 0.25) is 0 Å². The molecule has 0 aromatic carbocycles. The van der Waals surface area contributed by atoms with E-state index in [1.54, 1.807) is 0 Å². The molecule has 0 aromatic rings. The minimum atomic E-state index is 0.601. The molecule has 0 aliphatic heterocycles. The van der Waals surface area contributed by atoms with E-state index in [0.717, 1.165) is 6.04 Å². The van der Waals surface area contributed by atoms with Crippen LogP contribution in [-0.2, 0) is 0 Å². The van der Waals surface area contributed by atoms with E-state index in [1.165, 1.54) is 38.6 Å². The molecule has 0 heterocycles. The number of hydrogen-bond acceptors (Lipinski definition) is 1. The van der Waals surface area contributed by atoms with Gasteiger partial charge in [-0.1, -0.05) is 27.2 Å². The first kappa shape index (κ1) is 10.0. The van der Waals surface area contributed by atoms with Crippen LogP contribution >= 0.6 is 0 Å². The number of unbranched alkanes of at least 4 members (excludes halogenated alkanes) is 1. The quantitative estimate of drug-likeness (QED) is 0.638. The zero-order valence-corrected chi connectivity index (χ0v) is 8.82. The van der Waals surface area contributed by atoms with Crippen molar-refractivity contribution >= 4 is 0 Å². The Hall–Kier alpha value is -0.0400. The van der Waals surface area contributed by atoms with Crippen molar-refractivity contribution in [3.63, 3.8) is 0 Å². The lowest BCUT2D eigenvalue weighted by Gasteiger charge is -2.17. The van der Waals surface area contributed by atoms with Crippen LogP contribution in [0.5, 0.6) is 0 Å². The number of hydrogen-bond donors (Lipinski definition) is 1. The smallest absolute Gasteiger partial charge is 0.00723 e. The van der Waals surface area contributed by atoms with Crippen molar-refractivity contribution in [3.8, 4) is 0 Å². The van der Waals surface area contributed by atoms with E-state index >= 15 is 0 Å². The van der Waals surface area contributed by atoms with Crippen LogP contribution in [-0.4, -0.2) is 12.6 Å². The summed E-state index contributed by atoms with van der Waals surface area (Å²) < 4.78 is 0. The van der Waals surface area contributed by atoms with Gasteiger partial charge in [-0.2, -0.15) is 0 Å². The van der Waals surface area contributed by atoms with Gasteiger partial charge in [0.2, 0.25) is 0 Å². The molecule has 1 unspecified atom stereocenters. The third kappa shape index (κ3) is 3.14. The Morgan fingerprint density at radius 2 is 2.17 bits per heavy atom. The van der Waals surface area contributed by atoms with Crippen LogP contribution in [0.3, 0.4) is 0 Å². The maximum atomic E-state index is 3.64. The average molecular weight is 169 g/mol. The van der Waals surface area contributed by atoms with Crippen LogP contribution < -0.4 is 5.32 Å². The summed E-state index contributed by atoms with van der Waals surface area (Å²) in [6, 6.07) is 0.812. The molecule has 1 saturated carbocycles. The first-order chi connectivity index (χ1) is 5.64. The highest BCUT2D eigenvalue weighted by atomic mass is 14.9. The van der Waals surface area contributed by atoms with Gasteiger partial charge in [-0.15, -0.1) is 0 Å². The van der Waals surface area contributed by atoms with E-state index in [1.807, 2.05) is 0 Å². The second-order valence-corrected chi connectivity index (χ2v) is 4.91. The molecule has 1 aliphatic carbocycles. The fourth-order valence-corrected chi connectivity index (χ4v) is 2.09. The molecule has 0 saturated heterocycles. The third-order valence-electron chi connectivity index (χ3n) is 2.93. The molecule has 1 aliphatic rings. The van der Waals surface area contributed by atoms with Crippen LogP contribution in [0.4, 0.5) is 0 Å². The Kier molecular flexibility index (Phi) is 3.57. The van der Waals surface area contributed by atoms with Crippen molar-refractivity contribution in [1.82, 2.24) is 5.32 Å². The minimum Gasteiger partial charge on any atom is -0.314 e. The molecule has 72 valence electrons. The summed E-state index contributed by atoms with van der Waals surface area (Å²) in [5.41, 5.74) is 0.601. The topological polar surface area (TPSA) is 12.0 Å². The lowest BCUT2D eigenvalue weighted by Crippen LogP contribution is -2.28. The van der Waals surface area contributed by atoms with Crippen molar-refractivity contribution in [1.29, 1.82) is 0 Å². The predicted octanol–water partition coefficient (Wildman–Crippen LogP) is 2.95. The Balaban J connectivity index is 2.11. The second kappa shape index (κ2) is 4.27. The largest absolute Gasteiger partial charge is 0.314 e. The molecule has 1 fully saturated rings. The summed E-state index contributed by atoms with van der Waals surface area (Å²) in [6.07, 6.45) is 6.80. The number of rotatable bonds is 4. The molecule has 12 heavy (non-hydrogen) atoms. The van der Waals surface area contributed by atoms with Crippen LogP contribution in [0.25, 0.3) is 0 Å². The predicted molar refractivity (Wildman–Crippen MR) is 54.3 cm³/mol. The Bertz CT molecular complexity index is 129. The van der Waals surface area contributed by atoms with E-state index in [0.29, 0.717) is 5.41 Å². The first-order valence-corrected chi connectivity index (χ1v) is 5.37. The molecule has 0 radical (unpaired) electrons. The summed E-state index contributed by atoms with van der Waals surface area (Å²) in [5.74, 6) is 0. The lowest BCUT2D eigenvalue weighted by atomic mass is 9.92. The SMILES string of the molecule is CCCCNC1CCC(C)(C)C1. The van der Waals surface area contributed by atoms with Gasteiger partial charge in [-0.05, 0) is 37.6 Å². The molecule has 1 heteroatoms. The van der Waals surface area contributed by atoms with E-state index in [2.05, 4.69) is 26.1 Å². The van der Waals surface area contributed by atoms with E-state index in [4.69, 9.17) is 0 Å². The zero-order chi connectivity index (χ0) is 9.03. The fourth-order valence-electron chi connectivity index (χ4n) is 2.09. The van der Waals surface area contributed by atoms with Gasteiger partial charge >= 0.3 is 0 Å². The summed E-state index contributed by atoms with van der Waals surface area (Å²) in [7, 11) is 0. The highest BCUT2D eigenvalue weighted by Crippen LogP contribution is 2.36. The monoisotopic (exact) mass is 169 g/mol. The second-order valence-electron chi connectivity index (χ2n) is 4.91. The van der Waals surface area contributed by atoms with Gasteiger partial charge in [0.25, 0.3) is 0 Å². The van der Waals surface area contributed by atoms with Crippen molar-refractivity contribution < 1.29 is 0 Å². The van der Waals surface area contributed by atoms with Crippen molar-refractivity contribution in [3.05, 3.63) is 0 Å². The van der Waals surface area contributed by atoms with Gasteiger partial charge in [0, 0.05) is 6.04 Å². The lowest BCUT2D eigenvalue weighted by molar-refractivity contribution is 0.364. The number of nitrogens with one attached hydrogen (secondary N) is 1. The molecule has 1 nitrogen and oxygen atoms in total. The first-order valence-electron chi connectivity index (χ1n) is 5.37. The fraction of sp³-hybridized carbons (Fsp3) is 1.00. The van der Waals surface area contributed by atoms with Gasteiger partial charge in [0.15, 0.2) is 0 Å². The standard InChI is InChI=1S/C11H23N/c1-4-5-8-12-10-6-7-11(2,3)9-10/h10,12H,4-9H2,1-3H3. The molecule has 1 atom stereocenters. The molecule has 1 rings (SSSR count).